The van der Waals surface area contributed by atoms with Crippen LogP contribution in [0.4, 0.5) is 14.9 Å². The van der Waals surface area contributed by atoms with Gasteiger partial charge in [0.25, 0.3) is 0 Å². The fraction of sp³-hybridized carbons (Fsp3) is 0.263. The minimum atomic E-state index is -0.491. The lowest BCUT2D eigenvalue weighted by atomic mass is 10.2. The zero-order valence-corrected chi connectivity index (χ0v) is 14.7. The zero-order chi connectivity index (χ0) is 18.8. The number of carbonyl (C=O) groups is 1. The van der Waals surface area contributed by atoms with E-state index >= 15 is 0 Å². The first-order valence-corrected chi connectivity index (χ1v) is 8.73. The molecule has 27 heavy (non-hydrogen) atoms. The molecule has 7 nitrogen and oxygen atoms in total. The molecule has 1 saturated heterocycles. The number of nitrogens with zero attached hydrogens (tertiary/aromatic N) is 5. The number of cyclic esters (lactones) is 1. The van der Waals surface area contributed by atoms with Gasteiger partial charge in [0.05, 0.1) is 24.1 Å². The van der Waals surface area contributed by atoms with Crippen molar-refractivity contribution < 1.29 is 13.9 Å². The molecule has 1 aliphatic heterocycles. The van der Waals surface area contributed by atoms with Gasteiger partial charge in [-0.3, -0.25) is 9.88 Å². The standard InChI is InChI=1S/C19H18FN5O2/c1-2-16-12-24(19(26)27-16)15-6-7-18(17(20)10-15)25-11-14(22-23-25)9-13-5-3-4-8-21-13/h3-8,10-11,16H,2,9,12H2,1H3/t16-/m0/s1. The summed E-state index contributed by atoms with van der Waals surface area (Å²) < 4.78 is 21.3. The lowest BCUT2D eigenvalue weighted by molar-refractivity contribution is 0.139. The summed E-state index contributed by atoms with van der Waals surface area (Å²) in [5, 5.41) is 8.09. The Morgan fingerprint density at radius 3 is 2.85 bits per heavy atom. The molecule has 2 aromatic heterocycles. The van der Waals surface area contributed by atoms with Crippen LogP contribution in [0.3, 0.4) is 0 Å². The fourth-order valence-electron chi connectivity index (χ4n) is 2.98. The molecule has 0 saturated carbocycles. The molecule has 1 amide bonds. The average molecular weight is 367 g/mol. The van der Waals surface area contributed by atoms with E-state index in [4.69, 9.17) is 4.74 Å². The van der Waals surface area contributed by atoms with E-state index in [2.05, 4.69) is 15.3 Å². The third-order valence-electron chi connectivity index (χ3n) is 4.45. The lowest BCUT2D eigenvalue weighted by Crippen LogP contribution is -2.24. The molecule has 0 spiro atoms. The fourth-order valence-corrected chi connectivity index (χ4v) is 2.98. The summed E-state index contributed by atoms with van der Waals surface area (Å²) in [7, 11) is 0. The summed E-state index contributed by atoms with van der Waals surface area (Å²) in [4.78, 5) is 17.6. The average Bonchev–Trinajstić information content (AvgIpc) is 3.29. The number of carbonyl (C=O) groups excluding carboxylic acids is 1. The number of pyridine rings is 1. The molecule has 0 aliphatic carbocycles. The molecule has 1 aliphatic rings. The van der Waals surface area contributed by atoms with E-state index in [0.717, 1.165) is 12.1 Å². The molecule has 0 N–H and O–H groups in total. The zero-order valence-electron chi connectivity index (χ0n) is 14.7. The van der Waals surface area contributed by atoms with E-state index in [-0.39, 0.29) is 11.8 Å². The van der Waals surface area contributed by atoms with Crippen LogP contribution in [0.25, 0.3) is 5.69 Å². The number of hydrogen-bond acceptors (Lipinski definition) is 5. The van der Waals surface area contributed by atoms with Gasteiger partial charge in [-0.1, -0.05) is 18.2 Å². The highest BCUT2D eigenvalue weighted by molar-refractivity contribution is 5.89. The molecular formula is C19H18FN5O2. The highest BCUT2D eigenvalue weighted by Gasteiger charge is 2.31. The van der Waals surface area contributed by atoms with Crippen LogP contribution >= 0.6 is 0 Å². The quantitative estimate of drug-likeness (QED) is 0.693. The number of halogens is 1. The molecule has 1 atom stereocenters. The monoisotopic (exact) mass is 367 g/mol. The van der Waals surface area contributed by atoms with Gasteiger partial charge in [0, 0.05) is 18.3 Å². The van der Waals surface area contributed by atoms with Crippen LogP contribution in [0.15, 0.2) is 48.8 Å². The molecule has 4 rings (SSSR count). The van der Waals surface area contributed by atoms with Gasteiger partial charge in [0.2, 0.25) is 0 Å². The Balaban J connectivity index is 1.54. The molecule has 3 heterocycles. The van der Waals surface area contributed by atoms with E-state index in [1.165, 1.54) is 15.6 Å². The van der Waals surface area contributed by atoms with Gasteiger partial charge in [-0.05, 0) is 36.8 Å². The van der Waals surface area contributed by atoms with Crippen molar-refractivity contribution in [2.45, 2.75) is 25.9 Å². The maximum atomic E-state index is 14.7. The number of hydrogen-bond donors (Lipinski definition) is 0. The van der Waals surface area contributed by atoms with E-state index in [1.54, 1.807) is 24.5 Å². The normalized spacial score (nSPS) is 16.6. The minimum absolute atomic E-state index is 0.162. The summed E-state index contributed by atoms with van der Waals surface area (Å²) in [6.45, 7) is 2.37. The maximum Gasteiger partial charge on any atom is 0.414 e. The number of ether oxygens (including phenoxy) is 1. The second-order valence-electron chi connectivity index (χ2n) is 6.31. The Kier molecular flexibility index (Phi) is 4.53. The lowest BCUT2D eigenvalue weighted by Gasteiger charge is -2.14. The molecule has 138 valence electrons. The minimum Gasteiger partial charge on any atom is -0.444 e. The first-order chi connectivity index (χ1) is 13.1. The van der Waals surface area contributed by atoms with Crippen LogP contribution in [0, 0.1) is 5.82 Å². The van der Waals surface area contributed by atoms with Crippen LogP contribution in [0.1, 0.15) is 24.7 Å². The molecule has 0 radical (unpaired) electrons. The van der Waals surface area contributed by atoms with Crippen molar-refractivity contribution >= 4 is 11.8 Å². The molecule has 8 heteroatoms. The Bertz CT molecular complexity index is 960. The smallest absolute Gasteiger partial charge is 0.414 e. The molecular weight excluding hydrogens is 349 g/mol. The van der Waals surface area contributed by atoms with Gasteiger partial charge >= 0.3 is 6.09 Å². The Labute approximate surface area is 155 Å². The van der Waals surface area contributed by atoms with E-state index in [9.17, 15) is 9.18 Å². The Hall–Kier alpha value is -3.29. The van der Waals surface area contributed by atoms with Crippen molar-refractivity contribution in [2.75, 3.05) is 11.4 Å². The largest absolute Gasteiger partial charge is 0.444 e. The van der Waals surface area contributed by atoms with Crippen LogP contribution in [0.2, 0.25) is 0 Å². The van der Waals surface area contributed by atoms with Crippen molar-refractivity contribution in [3.05, 3.63) is 66.0 Å². The molecule has 0 unspecified atom stereocenters. The number of rotatable bonds is 5. The highest BCUT2D eigenvalue weighted by Crippen LogP contribution is 2.26. The number of amides is 1. The third-order valence-corrected chi connectivity index (χ3v) is 4.45. The van der Waals surface area contributed by atoms with Crippen LogP contribution in [-0.2, 0) is 11.2 Å². The van der Waals surface area contributed by atoms with Crippen molar-refractivity contribution in [1.29, 1.82) is 0 Å². The first-order valence-electron chi connectivity index (χ1n) is 8.73. The topological polar surface area (TPSA) is 73.1 Å². The Morgan fingerprint density at radius 2 is 2.15 bits per heavy atom. The summed E-state index contributed by atoms with van der Waals surface area (Å²) in [5.41, 5.74) is 2.27. The molecule has 0 bridgehead atoms. The van der Waals surface area contributed by atoms with E-state index in [1.807, 2.05) is 25.1 Å². The third kappa shape index (κ3) is 3.51. The second kappa shape index (κ2) is 7.14. The van der Waals surface area contributed by atoms with Crippen LogP contribution < -0.4 is 4.90 Å². The van der Waals surface area contributed by atoms with Gasteiger partial charge in [-0.25, -0.2) is 13.9 Å². The SMILES string of the molecule is CC[C@H]1CN(c2ccc(-n3cc(Cc4ccccn4)nn3)c(F)c2)C(=O)O1. The van der Waals surface area contributed by atoms with Crippen molar-refractivity contribution in [2.24, 2.45) is 0 Å². The number of anilines is 1. The molecule has 1 aromatic carbocycles. The predicted molar refractivity (Wildman–Crippen MR) is 96.3 cm³/mol. The first kappa shape index (κ1) is 17.1. The van der Waals surface area contributed by atoms with Crippen molar-refractivity contribution in [3.8, 4) is 5.69 Å². The van der Waals surface area contributed by atoms with Gasteiger partial charge in [0.1, 0.15) is 11.8 Å². The number of aromatic nitrogens is 4. The van der Waals surface area contributed by atoms with E-state index < -0.39 is 11.9 Å². The number of benzene rings is 1. The van der Waals surface area contributed by atoms with Gasteiger partial charge in [-0.15, -0.1) is 5.10 Å². The molecule has 3 aromatic rings. The summed E-state index contributed by atoms with van der Waals surface area (Å²) in [5.74, 6) is -0.491. The second-order valence-corrected chi connectivity index (χ2v) is 6.31. The van der Waals surface area contributed by atoms with E-state index in [0.29, 0.717) is 24.3 Å². The maximum absolute atomic E-state index is 14.7. The summed E-state index contributed by atoms with van der Waals surface area (Å²) in [6.07, 6.45) is 4.01. The predicted octanol–water partition coefficient (Wildman–Crippen LogP) is 3.13. The van der Waals surface area contributed by atoms with Gasteiger partial charge < -0.3 is 4.74 Å². The van der Waals surface area contributed by atoms with Gasteiger partial charge in [0.15, 0.2) is 5.82 Å². The summed E-state index contributed by atoms with van der Waals surface area (Å²) >= 11 is 0. The summed E-state index contributed by atoms with van der Waals surface area (Å²) in [6, 6.07) is 10.2. The van der Waals surface area contributed by atoms with Gasteiger partial charge in [-0.2, -0.15) is 0 Å². The van der Waals surface area contributed by atoms with Crippen LogP contribution in [0.5, 0.6) is 0 Å². The highest BCUT2D eigenvalue weighted by atomic mass is 19.1. The van der Waals surface area contributed by atoms with Crippen molar-refractivity contribution in [1.82, 2.24) is 20.0 Å². The van der Waals surface area contributed by atoms with Crippen molar-refractivity contribution in [3.63, 3.8) is 0 Å². The Morgan fingerprint density at radius 1 is 1.26 bits per heavy atom. The molecule has 1 fully saturated rings. The van der Waals surface area contributed by atoms with Crippen LogP contribution in [-0.4, -0.2) is 38.7 Å².